The molecule has 0 radical (unpaired) electrons. The summed E-state index contributed by atoms with van der Waals surface area (Å²) in [7, 11) is 0. The lowest BCUT2D eigenvalue weighted by molar-refractivity contribution is 0.0793. The van der Waals surface area contributed by atoms with Gasteiger partial charge in [-0.2, -0.15) is 0 Å². The summed E-state index contributed by atoms with van der Waals surface area (Å²) in [6.45, 7) is 5.38. The summed E-state index contributed by atoms with van der Waals surface area (Å²) < 4.78 is 5.63. The number of rotatable bonds is 5. The van der Waals surface area contributed by atoms with Gasteiger partial charge in [-0.25, -0.2) is 0 Å². The van der Waals surface area contributed by atoms with Crippen molar-refractivity contribution in [2.45, 2.75) is 32.8 Å². The molecule has 1 heterocycles. The van der Waals surface area contributed by atoms with Crippen molar-refractivity contribution in [3.8, 4) is 5.75 Å². The SMILES string of the molecule is CC(C)Oc1cccc(C(=O)NC(=S)Nc2ccccc2C(=O)N2CCCC2)c1. The van der Waals surface area contributed by atoms with E-state index >= 15 is 0 Å². The summed E-state index contributed by atoms with van der Waals surface area (Å²) in [5, 5.41) is 5.78. The Morgan fingerprint density at radius 1 is 1.07 bits per heavy atom. The molecule has 2 N–H and O–H groups in total. The van der Waals surface area contributed by atoms with Gasteiger partial charge in [0.25, 0.3) is 11.8 Å². The number of hydrogen-bond donors (Lipinski definition) is 2. The largest absolute Gasteiger partial charge is 0.491 e. The number of amides is 2. The van der Waals surface area contributed by atoms with Crippen molar-refractivity contribution in [1.82, 2.24) is 10.2 Å². The molecular weight excluding hydrogens is 386 g/mol. The second kappa shape index (κ2) is 9.52. The van der Waals surface area contributed by atoms with E-state index in [2.05, 4.69) is 10.6 Å². The number of benzene rings is 2. The smallest absolute Gasteiger partial charge is 0.257 e. The quantitative estimate of drug-likeness (QED) is 0.732. The van der Waals surface area contributed by atoms with Gasteiger partial charge in [0.05, 0.1) is 17.4 Å². The fraction of sp³-hybridized carbons (Fsp3) is 0.318. The summed E-state index contributed by atoms with van der Waals surface area (Å²) in [6, 6.07) is 14.1. The molecule has 152 valence electrons. The Morgan fingerprint density at radius 3 is 2.52 bits per heavy atom. The summed E-state index contributed by atoms with van der Waals surface area (Å²) in [6.07, 6.45) is 2.06. The molecule has 0 unspecified atom stereocenters. The van der Waals surface area contributed by atoms with Crippen LogP contribution in [-0.2, 0) is 0 Å². The lowest BCUT2D eigenvalue weighted by atomic mass is 10.1. The van der Waals surface area contributed by atoms with Crippen LogP contribution in [0.15, 0.2) is 48.5 Å². The van der Waals surface area contributed by atoms with E-state index in [1.807, 2.05) is 30.9 Å². The number of likely N-dealkylation sites (tertiary alicyclic amines) is 1. The third-order valence-electron chi connectivity index (χ3n) is 4.49. The van der Waals surface area contributed by atoms with E-state index in [-0.39, 0.29) is 23.0 Å². The average molecular weight is 412 g/mol. The molecule has 0 saturated carbocycles. The van der Waals surface area contributed by atoms with Crippen LogP contribution in [0.3, 0.4) is 0 Å². The first-order valence-electron chi connectivity index (χ1n) is 9.71. The van der Waals surface area contributed by atoms with Crippen LogP contribution in [0.2, 0.25) is 0 Å². The molecule has 0 aromatic heterocycles. The molecule has 29 heavy (non-hydrogen) atoms. The van der Waals surface area contributed by atoms with Crippen molar-refractivity contribution < 1.29 is 14.3 Å². The number of carbonyl (C=O) groups excluding carboxylic acids is 2. The van der Waals surface area contributed by atoms with Crippen molar-refractivity contribution in [2.24, 2.45) is 0 Å². The Hall–Kier alpha value is -2.93. The normalized spacial score (nSPS) is 13.3. The second-order valence-electron chi connectivity index (χ2n) is 7.15. The maximum atomic E-state index is 12.8. The molecule has 0 aliphatic carbocycles. The molecule has 1 aliphatic heterocycles. The predicted molar refractivity (Wildman–Crippen MR) is 117 cm³/mol. The summed E-state index contributed by atoms with van der Waals surface area (Å²) in [5.41, 5.74) is 1.55. The highest BCUT2D eigenvalue weighted by molar-refractivity contribution is 7.80. The lowest BCUT2D eigenvalue weighted by Crippen LogP contribution is -2.35. The van der Waals surface area contributed by atoms with Crippen LogP contribution in [0.4, 0.5) is 5.69 Å². The zero-order valence-corrected chi connectivity index (χ0v) is 17.4. The van der Waals surface area contributed by atoms with Gasteiger partial charge in [-0.05, 0) is 69.2 Å². The molecule has 0 atom stereocenters. The van der Waals surface area contributed by atoms with E-state index < -0.39 is 0 Å². The second-order valence-corrected chi connectivity index (χ2v) is 7.56. The van der Waals surface area contributed by atoms with Crippen LogP contribution >= 0.6 is 12.2 Å². The van der Waals surface area contributed by atoms with Crippen molar-refractivity contribution in [1.29, 1.82) is 0 Å². The molecule has 2 aromatic carbocycles. The third-order valence-corrected chi connectivity index (χ3v) is 4.70. The van der Waals surface area contributed by atoms with Gasteiger partial charge in [-0.3, -0.25) is 14.9 Å². The predicted octanol–water partition coefficient (Wildman–Crippen LogP) is 3.84. The van der Waals surface area contributed by atoms with Crippen LogP contribution in [-0.4, -0.2) is 41.0 Å². The van der Waals surface area contributed by atoms with Gasteiger partial charge in [-0.1, -0.05) is 18.2 Å². The highest BCUT2D eigenvalue weighted by Crippen LogP contribution is 2.20. The minimum atomic E-state index is -0.347. The summed E-state index contributed by atoms with van der Waals surface area (Å²) >= 11 is 5.30. The van der Waals surface area contributed by atoms with E-state index in [4.69, 9.17) is 17.0 Å². The topological polar surface area (TPSA) is 70.7 Å². The monoisotopic (exact) mass is 411 g/mol. The van der Waals surface area contributed by atoms with Gasteiger partial charge in [0.2, 0.25) is 0 Å². The number of thiocarbonyl (C=S) groups is 1. The van der Waals surface area contributed by atoms with Crippen molar-refractivity contribution in [3.63, 3.8) is 0 Å². The molecule has 0 bridgehead atoms. The number of para-hydroxylation sites is 1. The zero-order chi connectivity index (χ0) is 20.8. The van der Waals surface area contributed by atoms with Gasteiger partial charge < -0.3 is 15.0 Å². The van der Waals surface area contributed by atoms with Crippen LogP contribution in [0.5, 0.6) is 5.75 Å². The number of nitrogens with one attached hydrogen (secondary N) is 2. The lowest BCUT2D eigenvalue weighted by Gasteiger charge is -2.18. The number of carbonyl (C=O) groups is 2. The Kier molecular flexibility index (Phi) is 6.82. The van der Waals surface area contributed by atoms with Gasteiger partial charge in [0, 0.05) is 18.7 Å². The van der Waals surface area contributed by atoms with E-state index in [1.54, 1.807) is 36.4 Å². The van der Waals surface area contributed by atoms with Gasteiger partial charge in [0.1, 0.15) is 5.75 Å². The Morgan fingerprint density at radius 2 is 1.79 bits per heavy atom. The van der Waals surface area contributed by atoms with Crippen molar-refractivity contribution in [2.75, 3.05) is 18.4 Å². The van der Waals surface area contributed by atoms with Gasteiger partial charge >= 0.3 is 0 Å². The molecular formula is C22H25N3O3S. The molecule has 6 nitrogen and oxygen atoms in total. The van der Waals surface area contributed by atoms with E-state index in [0.717, 1.165) is 25.9 Å². The molecule has 1 fully saturated rings. The fourth-order valence-electron chi connectivity index (χ4n) is 3.18. The molecule has 0 spiro atoms. The fourth-order valence-corrected chi connectivity index (χ4v) is 3.38. The van der Waals surface area contributed by atoms with E-state index in [0.29, 0.717) is 22.6 Å². The Labute approximate surface area is 176 Å². The Bertz CT molecular complexity index is 908. The summed E-state index contributed by atoms with van der Waals surface area (Å²) in [4.78, 5) is 27.1. The Balaban J connectivity index is 1.67. The van der Waals surface area contributed by atoms with E-state index in [1.165, 1.54) is 0 Å². The molecule has 2 aromatic rings. The summed E-state index contributed by atoms with van der Waals surface area (Å²) in [5.74, 6) is 0.242. The highest BCUT2D eigenvalue weighted by Gasteiger charge is 2.22. The first kappa shape index (κ1) is 20.8. The molecule has 2 amide bonds. The zero-order valence-electron chi connectivity index (χ0n) is 16.6. The van der Waals surface area contributed by atoms with E-state index in [9.17, 15) is 9.59 Å². The first-order valence-corrected chi connectivity index (χ1v) is 10.1. The van der Waals surface area contributed by atoms with Gasteiger partial charge in [-0.15, -0.1) is 0 Å². The van der Waals surface area contributed by atoms with Crippen molar-refractivity contribution >= 4 is 34.8 Å². The average Bonchev–Trinajstić information content (AvgIpc) is 3.22. The molecule has 1 aliphatic rings. The van der Waals surface area contributed by atoms with Crippen LogP contribution in [0.25, 0.3) is 0 Å². The first-order chi connectivity index (χ1) is 13.9. The minimum Gasteiger partial charge on any atom is -0.491 e. The number of nitrogens with zero attached hydrogens (tertiary/aromatic N) is 1. The number of hydrogen-bond acceptors (Lipinski definition) is 4. The van der Waals surface area contributed by atoms with Crippen LogP contribution in [0, 0.1) is 0 Å². The van der Waals surface area contributed by atoms with Gasteiger partial charge in [0.15, 0.2) is 5.11 Å². The number of ether oxygens (including phenoxy) is 1. The maximum absolute atomic E-state index is 12.8. The third kappa shape index (κ3) is 5.54. The van der Waals surface area contributed by atoms with Crippen LogP contribution in [0.1, 0.15) is 47.4 Å². The maximum Gasteiger partial charge on any atom is 0.257 e. The number of anilines is 1. The molecule has 3 rings (SSSR count). The van der Waals surface area contributed by atoms with Crippen molar-refractivity contribution in [3.05, 3.63) is 59.7 Å². The highest BCUT2D eigenvalue weighted by atomic mass is 32.1. The molecule has 7 heteroatoms. The molecule has 1 saturated heterocycles. The van der Waals surface area contributed by atoms with Crippen LogP contribution < -0.4 is 15.4 Å². The standard InChI is InChI=1S/C22H25N3O3S/c1-15(2)28-17-9-7-8-16(14-17)20(26)24-22(29)23-19-11-4-3-10-18(19)21(27)25-12-5-6-13-25/h3-4,7-11,14-15H,5-6,12-13H2,1-2H3,(H2,23,24,26,29). The minimum absolute atomic E-state index is 0.0145.